The quantitative estimate of drug-likeness (QED) is 0.528. The number of nitrogens with zero attached hydrogens (tertiary/aromatic N) is 5. The lowest BCUT2D eigenvalue weighted by Gasteiger charge is -2.36. The Kier molecular flexibility index (Phi) is 6.77. The van der Waals surface area contributed by atoms with Crippen LogP contribution in [0.15, 0.2) is 53.4 Å². The smallest absolute Gasteiger partial charge is 0.246 e. The Labute approximate surface area is 203 Å². The van der Waals surface area contributed by atoms with Gasteiger partial charge in [-0.3, -0.25) is 9.69 Å². The van der Waals surface area contributed by atoms with Crippen LogP contribution in [0.4, 0.5) is 5.69 Å². The van der Waals surface area contributed by atoms with Gasteiger partial charge >= 0.3 is 0 Å². The zero-order valence-corrected chi connectivity index (χ0v) is 20.5. The summed E-state index contributed by atoms with van der Waals surface area (Å²) < 4.78 is 36.4. The normalized spacial score (nSPS) is 20.1. The predicted molar refractivity (Wildman–Crippen MR) is 132 cm³/mol. The van der Waals surface area contributed by atoms with Gasteiger partial charge in [-0.2, -0.15) is 13.1 Å². The van der Waals surface area contributed by atoms with Crippen LogP contribution < -0.4 is 10.2 Å². The molecule has 0 radical (unpaired) electrons. The van der Waals surface area contributed by atoms with E-state index in [0.29, 0.717) is 37.0 Å². The maximum atomic E-state index is 13.4. The van der Waals surface area contributed by atoms with E-state index in [9.17, 15) is 13.2 Å². The summed E-state index contributed by atoms with van der Waals surface area (Å²) in [7, 11) is -3.85. The molecule has 2 aliphatic rings. The zero-order chi connectivity index (χ0) is 23.5. The summed E-state index contributed by atoms with van der Waals surface area (Å²) in [6.45, 7) is 5.33. The van der Waals surface area contributed by atoms with Gasteiger partial charge < -0.3 is 10.2 Å². The van der Waals surface area contributed by atoms with Crippen LogP contribution in [0.5, 0.6) is 0 Å². The van der Waals surface area contributed by atoms with E-state index in [4.69, 9.17) is 0 Å². The van der Waals surface area contributed by atoms with Crippen molar-refractivity contribution >= 4 is 44.4 Å². The average Bonchev–Trinajstić information content (AvgIpc) is 3.55. The number of fused-ring (bicyclic) bond motifs is 1. The molecule has 180 valence electrons. The Balaban J connectivity index is 1.16. The molecular weight excluding hydrogens is 472 g/mol. The fourth-order valence-corrected chi connectivity index (χ4v) is 7.14. The molecule has 2 fully saturated rings. The highest BCUT2D eigenvalue weighted by atomic mass is 32.2. The second-order valence-corrected chi connectivity index (χ2v) is 11.0. The molecule has 0 spiro atoms. The number of aromatic nitrogens is 2. The minimum atomic E-state index is -3.85. The third-order valence-corrected chi connectivity index (χ3v) is 9.05. The van der Waals surface area contributed by atoms with Gasteiger partial charge in [0, 0.05) is 51.5 Å². The summed E-state index contributed by atoms with van der Waals surface area (Å²) in [6.07, 6.45) is 1.18. The number of amides is 1. The van der Waals surface area contributed by atoms with E-state index in [1.807, 2.05) is 6.07 Å². The van der Waals surface area contributed by atoms with Crippen molar-refractivity contribution in [2.24, 2.45) is 0 Å². The summed E-state index contributed by atoms with van der Waals surface area (Å²) in [5, 5.41) is 2.97. The molecule has 1 atom stereocenters. The molecule has 9 nitrogen and oxygen atoms in total. The second-order valence-electron chi connectivity index (χ2n) is 8.62. The fourth-order valence-electron chi connectivity index (χ4n) is 4.73. The van der Waals surface area contributed by atoms with E-state index in [0.717, 1.165) is 44.5 Å². The summed E-state index contributed by atoms with van der Waals surface area (Å²) in [5.74, 6) is -0.229. The highest BCUT2D eigenvalue weighted by molar-refractivity contribution is 7.89. The van der Waals surface area contributed by atoms with Crippen LogP contribution in [0.25, 0.3) is 11.0 Å². The molecule has 3 aromatic rings. The number of sulfonamides is 1. The van der Waals surface area contributed by atoms with E-state index >= 15 is 0 Å². The molecule has 1 N–H and O–H groups in total. The number of carbonyl (C=O) groups excluding carboxylic acids is 1. The van der Waals surface area contributed by atoms with Crippen LogP contribution in [-0.4, -0.2) is 84.1 Å². The summed E-state index contributed by atoms with van der Waals surface area (Å²) in [5.41, 5.74) is 2.16. The second kappa shape index (κ2) is 9.95. The average molecular weight is 501 g/mol. The Morgan fingerprint density at radius 1 is 1.00 bits per heavy atom. The van der Waals surface area contributed by atoms with Gasteiger partial charge in [-0.25, -0.2) is 8.42 Å². The standard InChI is InChI=1S/C23H28N6O3S2/c30-23(24-11-13-27-14-16-28(17-15-27)18-6-2-1-3-7-18)20-9-5-12-29(20)34(31,32)21-10-4-8-19-22(21)26-33-25-19/h1-4,6-8,10,20H,5,9,11-17H2,(H,24,30)/t20-/m0/s1. The van der Waals surface area contributed by atoms with Crippen molar-refractivity contribution in [1.82, 2.24) is 23.3 Å². The third-order valence-electron chi connectivity index (χ3n) is 6.56. The number of para-hydroxylation sites is 1. The maximum Gasteiger partial charge on any atom is 0.246 e. The van der Waals surface area contributed by atoms with Crippen molar-refractivity contribution in [3.8, 4) is 0 Å². The number of nitrogens with one attached hydrogen (secondary N) is 1. The molecule has 34 heavy (non-hydrogen) atoms. The minimum absolute atomic E-state index is 0.120. The van der Waals surface area contributed by atoms with Gasteiger partial charge in [-0.05, 0) is 37.1 Å². The number of benzene rings is 2. The minimum Gasteiger partial charge on any atom is -0.369 e. The zero-order valence-electron chi connectivity index (χ0n) is 18.8. The van der Waals surface area contributed by atoms with Gasteiger partial charge in [0.2, 0.25) is 15.9 Å². The van der Waals surface area contributed by atoms with Gasteiger partial charge in [0.15, 0.2) is 0 Å². The van der Waals surface area contributed by atoms with Gasteiger partial charge in [0.05, 0.1) is 11.7 Å². The first kappa shape index (κ1) is 23.2. The van der Waals surface area contributed by atoms with Crippen molar-refractivity contribution in [3.63, 3.8) is 0 Å². The van der Waals surface area contributed by atoms with Crippen LogP contribution >= 0.6 is 11.7 Å². The van der Waals surface area contributed by atoms with Gasteiger partial charge in [-0.1, -0.05) is 24.3 Å². The van der Waals surface area contributed by atoms with E-state index in [2.05, 4.69) is 48.1 Å². The molecule has 0 aliphatic carbocycles. The Morgan fingerprint density at radius 2 is 1.79 bits per heavy atom. The molecule has 3 heterocycles. The van der Waals surface area contributed by atoms with E-state index in [-0.39, 0.29) is 10.8 Å². The van der Waals surface area contributed by atoms with E-state index < -0.39 is 16.1 Å². The number of carbonyl (C=O) groups is 1. The Morgan fingerprint density at radius 3 is 2.59 bits per heavy atom. The highest BCUT2D eigenvalue weighted by Crippen LogP contribution is 2.30. The molecule has 5 rings (SSSR count). The van der Waals surface area contributed by atoms with Gasteiger partial charge in [0.1, 0.15) is 22.0 Å². The van der Waals surface area contributed by atoms with Crippen molar-refractivity contribution in [3.05, 3.63) is 48.5 Å². The van der Waals surface area contributed by atoms with E-state index in [1.54, 1.807) is 18.2 Å². The molecule has 0 bridgehead atoms. The van der Waals surface area contributed by atoms with Crippen molar-refractivity contribution in [1.29, 1.82) is 0 Å². The molecule has 1 amide bonds. The van der Waals surface area contributed by atoms with E-state index in [1.165, 1.54) is 9.99 Å². The largest absolute Gasteiger partial charge is 0.369 e. The lowest BCUT2D eigenvalue weighted by molar-refractivity contribution is -0.124. The Bertz CT molecular complexity index is 1240. The maximum absolute atomic E-state index is 13.4. The number of anilines is 1. The fraction of sp³-hybridized carbons (Fsp3) is 0.435. The van der Waals surface area contributed by atoms with Crippen LogP contribution in [0.2, 0.25) is 0 Å². The lowest BCUT2D eigenvalue weighted by Crippen LogP contribution is -2.50. The molecule has 2 saturated heterocycles. The van der Waals surface area contributed by atoms with Crippen LogP contribution in [0, 0.1) is 0 Å². The molecule has 2 aliphatic heterocycles. The SMILES string of the molecule is O=C(NCCN1CCN(c2ccccc2)CC1)[C@@H]1CCCN1S(=O)(=O)c1cccc2nsnc12. The van der Waals surface area contributed by atoms with Crippen LogP contribution in [-0.2, 0) is 14.8 Å². The Hall–Kier alpha value is -2.60. The number of piperazine rings is 1. The summed E-state index contributed by atoms with van der Waals surface area (Å²) in [4.78, 5) is 17.8. The van der Waals surface area contributed by atoms with Crippen LogP contribution in [0.3, 0.4) is 0 Å². The van der Waals surface area contributed by atoms with Crippen LogP contribution in [0.1, 0.15) is 12.8 Å². The first-order valence-corrected chi connectivity index (χ1v) is 13.7. The third kappa shape index (κ3) is 4.65. The molecule has 1 aromatic heterocycles. The van der Waals surface area contributed by atoms with Crippen molar-refractivity contribution in [2.45, 2.75) is 23.8 Å². The highest BCUT2D eigenvalue weighted by Gasteiger charge is 2.40. The topological polar surface area (TPSA) is 98.7 Å². The van der Waals surface area contributed by atoms with Gasteiger partial charge in [-0.15, -0.1) is 0 Å². The first-order valence-electron chi connectivity index (χ1n) is 11.6. The predicted octanol–water partition coefficient (Wildman–Crippen LogP) is 1.78. The number of hydrogen-bond donors (Lipinski definition) is 1. The van der Waals surface area contributed by atoms with Crippen molar-refractivity contribution < 1.29 is 13.2 Å². The molecule has 0 saturated carbocycles. The monoisotopic (exact) mass is 500 g/mol. The number of hydrogen-bond acceptors (Lipinski definition) is 8. The van der Waals surface area contributed by atoms with Crippen molar-refractivity contribution in [2.75, 3.05) is 50.7 Å². The lowest BCUT2D eigenvalue weighted by atomic mass is 10.2. The summed E-state index contributed by atoms with van der Waals surface area (Å²) >= 11 is 0.986. The molecular formula is C23H28N6O3S2. The number of rotatable bonds is 7. The van der Waals surface area contributed by atoms with Gasteiger partial charge in [0.25, 0.3) is 0 Å². The molecule has 0 unspecified atom stereocenters. The first-order chi connectivity index (χ1) is 16.5. The summed E-state index contributed by atoms with van der Waals surface area (Å²) in [6, 6.07) is 14.6. The molecule has 11 heteroatoms. The molecule has 2 aromatic carbocycles.